The fraction of sp³-hybridized carbons (Fsp3) is 0.200. The second-order valence-electron chi connectivity index (χ2n) is 4.30. The van der Waals surface area contributed by atoms with Gasteiger partial charge in [0.25, 0.3) is 5.91 Å². The van der Waals surface area contributed by atoms with Gasteiger partial charge in [0.05, 0.1) is 12.2 Å². The van der Waals surface area contributed by atoms with Crippen molar-refractivity contribution < 1.29 is 18.7 Å². The summed E-state index contributed by atoms with van der Waals surface area (Å²) in [6.07, 6.45) is 0. The van der Waals surface area contributed by atoms with Crippen molar-refractivity contribution in [3.8, 4) is 0 Å². The summed E-state index contributed by atoms with van der Waals surface area (Å²) in [7, 11) is 0. The van der Waals surface area contributed by atoms with E-state index in [0.29, 0.717) is 21.7 Å². The van der Waals surface area contributed by atoms with Crippen molar-refractivity contribution in [2.75, 3.05) is 11.9 Å². The Balaban J connectivity index is 2.20. The number of rotatable bonds is 4. The van der Waals surface area contributed by atoms with Crippen molar-refractivity contribution in [2.45, 2.75) is 13.8 Å². The van der Waals surface area contributed by atoms with Crippen LogP contribution < -0.4 is 5.32 Å². The molecular weight excluding hydrogens is 293 g/mol. The molecule has 0 aliphatic carbocycles. The summed E-state index contributed by atoms with van der Waals surface area (Å²) in [6.45, 7) is 3.63. The number of thiophene rings is 1. The predicted molar refractivity (Wildman–Crippen MR) is 79.4 cm³/mol. The number of hydrogen-bond acceptors (Lipinski definition) is 4. The molecule has 0 aliphatic heterocycles. The Morgan fingerprint density at radius 1 is 1.29 bits per heavy atom. The highest BCUT2D eigenvalue weighted by Gasteiger charge is 2.17. The molecule has 0 bridgehead atoms. The molecular formula is C15H14FNO3S. The molecule has 0 radical (unpaired) electrons. The SMILES string of the molecule is CCOC(=O)c1ccsc1NC(=O)c1ccc(F)cc1C. The van der Waals surface area contributed by atoms with Gasteiger partial charge in [-0.15, -0.1) is 11.3 Å². The minimum absolute atomic E-state index is 0.263. The number of nitrogens with one attached hydrogen (secondary N) is 1. The summed E-state index contributed by atoms with van der Waals surface area (Å²) >= 11 is 1.23. The Hall–Kier alpha value is -2.21. The van der Waals surface area contributed by atoms with Crippen LogP contribution in [-0.4, -0.2) is 18.5 Å². The number of benzene rings is 1. The molecule has 0 saturated carbocycles. The van der Waals surface area contributed by atoms with Gasteiger partial charge in [-0.3, -0.25) is 4.79 Å². The van der Waals surface area contributed by atoms with Gasteiger partial charge in [-0.25, -0.2) is 9.18 Å². The van der Waals surface area contributed by atoms with Gasteiger partial charge < -0.3 is 10.1 Å². The number of halogens is 1. The molecule has 1 heterocycles. The number of ether oxygens (including phenoxy) is 1. The number of aryl methyl sites for hydroxylation is 1. The molecule has 0 fully saturated rings. The van der Waals surface area contributed by atoms with E-state index < -0.39 is 11.8 Å². The Morgan fingerprint density at radius 3 is 2.71 bits per heavy atom. The van der Waals surface area contributed by atoms with Crippen molar-refractivity contribution in [1.29, 1.82) is 0 Å². The smallest absolute Gasteiger partial charge is 0.341 e. The van der Waals surface area contributed by atoms with Gasteiger partial charge in [-0.2, -0.15) is 0 Å². The van der Waals surface area contributed by atoms with Crippen LogP contribution in [0.3, 0.4) is 0 Å². The maximum atomic E-state index is 13.1. The van der Waals surface area contributed by atoms with Crippen molar-refractivity contribution in [2.24, 2.45) is 0 Å². The number of anilines is 1. The molecule has 0 saturated heterocycles. The quantitative estimate of drug-likeness (QED) is 0.878. The first kappa shape index (κ1) is 15.2. The zero-order chi connectivity index (χ0) is 15.4. The van der Waals surface area contributed by atoms with Gasteiger partial charge in [0.2, 0.25) is 0 Å². The number of carbonyl (C=O) groups is 2. The third kappa shape index (κ3) is 3.46. The van der Waals surface area contributed by atoms with Crippen molar-refractivity contribution in [1.82, 2.24) is 0 Å². The van der Waals surface area contributed by atoms with Gasteiger partial charge in [-0.05, 0) is 49.1 Å². The van der Waals surface area contributed by atoms with Crippen LogP contribution in [0.1, 0.15) is 33.2 Å². The van der Waals surface area contributed by atoms with Crippen molar-refractivity contribution in [3.05, 3.63) is 52.2 Å². The first-order valence-electron chi connectivity index (χ1n) is 6.35. The molecule has 2 rings (SSSR count). The first-order chi connectivity index (χ1) is 10.0. The Bertz CT molecular complexity index is 681. The van der Waals surface area contributed by atoms with E-state index in [4.69, 9.17) is 4.74 Å². The maximum absolute atomic E-state index is 13.1. The molecule has 1 aromatic carbocycles. The second-order valence-corrected chi connectivity index (χ2v) is 5.21. The summed E-state index contributed by atoms with van der Waals surface area (Å²) in [5.74, 6) is -1.27. The Labute approximate surface area is 125 Å². The van der Waals surface area contributed by atoms with Crippen LogP contribution in [0.5, 0.6) is 0 Å². The van der Waals surface area contributed by atoms with Crippen molar-refractivity contribution in [3.63, 3.8) is 0 Å². The van der Waals surface area contributed by atoms with E-state index in [-0.39, 0.29) is 12.5 Å². The van der Waals surface area contributed by atoms with Crippen LogP contribution in [0.2, 0.25) is 0 Å². The third-order valence-corrected chi connectivity index (χ3v) is 3.65. The number of esters is 1. The lowest BCUT2D eigenvalue weighted by molar-refractivity contribution is 0.0528. The highest BCUT2D eigenvalue weighted by molar-refractivity contribution is 7.14. The first-order valence-corrected chi connectivity index (χ1v) is 7.23. The summed E-state index contributed by atoms with van der Waals surface area (Å²) in [6, 6.07) is 5.52. The van der Waals surface area contributed by atoms with Crippen LogP contribution in [0.15, 0.2) is 29.6 Å². The van der Waals surface area contributed by atoms with E-state index in [1.54, 1.807) is 25.3 Å². The van der Waals surface area contributed by atoms with Crippen molar-refractivity contribution >= 4 is 28.2 Å². The monoisotopic (exact) mass is 307 g/mol. The minimum atomic E-state index is -0.482. The van der Waals surface area contributed by atoms with E-state index in [2.05, 4.69) is 5.32 Å². The highest BCUT2D eigenvalue weighted by Crippen LogP contribution is 2.25. The molecule has 6 heteroatoms. The molecule has 21 heavy (non-hydrogen) atoms. The van der Waals surface area contributed by atoms with E-state index in [0.717, 1.165) is 0 Å². The van der Waals surface area contributed by atoms with E-state index >= 15 is 0 Å². The van der Waals surface area contributed by atoms with Gasteiger partial charge in [0.1, 0.15) is 10.8 Å². The number of carbonyl (C=O) groups excluding carboxylic acids is 2. The van der Waals surface area contributed by atoms with Crippen LogP contribution in [-0.2, 0) is 4.74 Å². The molecule has 1 aromatic heterocycles. The zero-order valence-electron chi connectivity index (χ0n) is 11.6. The molecule has 2 aromatic rings. The second kappa shape index (κ2) is 6.49. The molecule has 0 atom stereocenters. The summed E-state index contributed by atoms with van der Waals surface area (Å²) in [4.78, 5) is 23.9. The normalized spacial score (nSPS) is 10.2. The Kier molecular flexibility index (Phi) is 4.70. The van der Waals surface area contributed by atoms with E-state index in [1.165, 1.54) is 29.5 Å². The number of amides is 1. The number of hydrogen-bond donors (Lipinski definition) is 1. The minimum Gasteiger partial charge on any atom is -0.462 e. The maximum Gasteiger partial charge on any atom is 0.341 e. The molecule has 4 nitrogen and oxygen atoms in total. The lowest BCUT2D eigenvalue weighted by Crippen LogP contribution is -2.15. The summed E-state index contributed by atoms with van der Waals surface area (Å²) in [5.41, 5.74) is 1.20. The van der Waals surface area contributed by atoms with Crippen LogP contribution >= 0.6 is 11.3 Å². The largest absolute Gasteiger partial charge is 0.462 e. The highest BCUT2D eigenvalue weighted by atomic mass is 32.1. The topological polar surface area (TPSA) is 55.4 Å². The fourth-order valence-electron chi connectivity index (χ4n) is 1.83. The van der Waals surface area contributed by atoms with Crippen LogP contribution in [0, 0.1) is 12.7 Å². The molecule has 110 valence electrons. The lowest BCUT2D eigenvalue weighted by Gasteiger charge is -2.08. The van der Waals surface area contributed by atoms with E-state index in [9.17, 15) is 14.0 Å². The summed E-state index contributed by atoms with van der Waals surface area (Å²) in [5, 5.41) is 4.78. The zero-order valence-corrected chi connectivity index (χ0v) is 12.4. The van der Waals surface area contributed by atoms with Gasteiger partial charge in [-0.1, -0.05) is 0 Å². The molecule has 0 aliphatic rings. The van der Waals surface area contributed by atoms with Gasteiger partial charge in [0, 0.05) is 5.56 Å². The van der Waals surface area contributed by atoms with Gasteiger partial charge in [0.15, 0.2) is 0 Å². The van der Waals surface area contributed by atoms with E-state index in [1.807, 2.05) is 0 Å². The Morgan fingerprint density at radius 2 is 2.05 bits per heavy atom. The lowest BCUT2D eigenvalue weighted by atomic mass is 10.1. The van der Waals surface area contributed by atoms with Gasteiger partial charge >= 0.3 is 5.97 Å². The average Bonchev–Trinajstić information content (AvgIpc) is 2.87. The standard InChI is InChI=1S/C15H14FNO3S/c1-3-20-15(19)12-6-7-21-14(12)17-13(18)11-5-4-10(16)8-9(11)2/h4-8H,3H2,1-2H3,(H,17,18). The molecule has 1 N–H and O–H groups in total. The van der Waals surface area contributed by atoms with Crippen LogP contribution in [0.4, 0.5) is 9.39 Å². The molecule has 1 amide bonds. The summed E-state index contributed by atoms with van der Waals surface area (Å²) < 4.78 is 18.0. The average molecular weight is 307 g/mol. The third-order valence-electron chi connectivity index (χ3n) is 2.82. The molecule has 0 spiro atoms. The van der Waals surface area contributed by atoms with Crippen LogP contribution in [0.25, 0.3) is 0 Å². The molecule has 0 unspecified atom stereocenters. The fourth-order valence-corrected chi connectivity index (χ4v) is 2.60. The predicted octanol–water partition coefficient (Wildman–Crippen LogP) is 3.62.